The fourth-order valence-electron chi connectivity index (χ4n) is 3.97. The minimum Gasteiger partial charge on any atom is -0.345 e. The summed E-state index contributed by atoms with van der Waals surface area (Å²) in [7, 11) is 0. The molecule has 0 bridgehead atoms. The normalized spacial score (nSPS) is 12.2. The van der Waals surface area contributed by atoms with E-state index in [-0.39, 0.29) is 17.7 Å². The van der Waals surface area contributed by atoms with Crippen LogP contribution in [0.4, 0.5) is 0 Å². The van der Waals surface area contributed by atoms with E-state index in [4.69, 9.17) is 16.6 Å². The summed E-state index contributed by atoms with van der Waals surface area (Å²) in [5, 5.41) is 5.93. The molecule has 4 nitrogen and oxygen atoms in total. The zero-order valence-corrected chi connectivity index (χ0v) is 19.4. The van der Waals surface area contributed by atoms with Crippen LogP contribution in [0.1, 0.15) is 17.4 Å². The molecule has 0 spiro atoms. The Bertz CT molecular complexity index is 1380. The minimum absolute atomic E-state index is 0.0505. The second kappa shape index (κ2) is 9.69. The van der Waals surface area contributed by atoms with E-state index >= 15 is 0 Å². The van der Waals surface area contributed by atoms with Crippen molar-refractivity contribution in [1.29, 1.82) is 0 Å². The van der Waals surface area contributed by atoms with Gasteiger partial charge in [0.1, 0.15) is 5.82 Å². The number of fused-ring (bicyclic) bond motifs is 2. The minimum atomic E-state index is -0.260. The molecule has 1 amide bonds. The Morgan fingerprint density at radius 2 is 1.70 bits per heavy atom. The highest BCUT2D eigenvalue weighted by molar-refractivity contribution is 8.00. The molecule has 0 radical (unpaired) electrons. The van der Waals surface area contributed by atoms with Crippen molar-refractivity contribution in [2.75, 3.05) is 5.75 Å². The number of hydrogen-bond donors (Lipinski definition) is 2. The van der Waals surface area contributed by atoms with Crippen LogP contribution < -0.4 is 5.32 Å². The molecule has 5 rings (SSSR count). The van der Waals surface area contributed by atoms with Gasteiger partial charge in [-0.2, -0.15) is 0 Å². The highest BCUT2D eigenvalue weighted by atomic mass is 35.5. The summed E-state index contributed by atoms with van der Waals surface area (Å²) in [4.78, 5) is 22.1. The molecule has 4 aromatic carbocycles. The molecule has 0 fully saturated rings. The van der Waals surface area contributed by atoms with Crippen LogP contribution in [-0.2, 0) is 11.2 Å². The van der Waals surface area contributed by atoms with Gasteiger partial charge in [0.15, 0.2) is 0 Å². The summed E-state index contributed by atoms with van der Waals surface area (Å²) in [5.41, 5.74) is 2.98. The molecule has 1 heterocycles. The van der Waals surface area contributed by atoms with Crippen molar-refractivity contribution in [3.05, 3.63) is 107 Å². The summed E-state index contributed by atoms with van der Waals surface area (Å²) in [5.74, 6) is 0.993. The number of halogens is 1. The Labute approximate surface area is 201 Å². The molecular formula is C27H22ClN3OS. The molecule has 164 valence electrons. The fraction of sp³-hybridized carbons (Fsp3) is 0.111. The zero-order valence-electron chi connectivity index (χ0n) is 17.8. The quantitative estimate of drug-likeness (QED) is 0.264. The van der Waals surface area contributed by atoms with Gasteiger partial charge < -0.3 is 10.3 Å². The highest BCUT2D eigenvalue weighted by Crippen LogP contribution is 2.33. The van der Waals surface area contributed by atoms with Crippen molar-refractivity contribution in [3.63, 3.8) is 0 Å². The first-order valence-corrected chi connectivity index (χ1v) is 12.1. The lowest BCUT2D eigenvalue weighted by atomic mass is 10.1. The number of aromatic nitrogens is 2. The maximum Gasteiger partial charge on any atom is 0.230 e. The third-order valence-corrected chi connectivity index (χ3v) is 6.90. The monoisotopic (exact) mass is 471 g/mol. The standard InChI is InChI=1S/C27H22ClN3OS/c28-20-12-6-10-19-11-7-15-24(26(19)20)33-17-25(32)29-23(16-18-8-2-1-3-9-18)27-30-21-13-4-5-14-22(21)31-27/h1-15,23H,16-17H2,(H,29,32)(H,30,31)/t23-/m0/s1. The number of hydrogen-bond acceptors (Lipinski definition) is 3. The Morgan fingerprint density at radius 1 is 0.939 bits per heavy atom. The van der Waals surface area contributed by atoms with Gasteiger partial charge in [0.05, 0.1) is 22.8 Å². The molecule has 0 aliphatic carbocycles. The molecule has 2 N–H and O–H groups in total. The van der Waals surface area contributed by atoms with Crippen molar-refractivity contribution >= 4 is 51.1 Å². The second-order valence-electron chi connectivity index (χ2n) is 7.83. The molecule has 0 aliphatic rings. The molecule has 6 heteroatoms. The predicted molar refractivity (Wildman–Crippen MR) is 137 cm³/mol. The SMILES string of the molecule is O=C(CSc1cccc2cccc(Cl)c12)N[C@@H](Cc1ccccc1)c1nc2ccccc2[nH]1. The van der Waals surface area contributed by atoms with Crippen LogP contribution >= 0.6 is 23.4 Å². The number of benzene rings is 4. The molecule has 0 aliphatic heterocycles. The van der Waals surface area contributed by atoms with E-state index in [9.17, 15) is 4.79 Å². The summed E-state index contributed by atoms with van der Waals surface area (Å²) < 4.78 is 0. The number of nitrogens with one attached hydrogen (secondary N) is 2. The van der Waals surface area contributed by atoms with Crippen LogP contribution in [0.5, 0.6) is 0 Å². The number of rotatable bonds is 7. The van der Waals surface area contributed by atoms with Gasteiger partial charge in [0.2, 0.25) is 5.91 Å². The van der Waals surface area contributed by atoms with E-state index in [1.807, 2.05) is 78.9 Å². The maximum absolute atomic E-state index is 13.0. The number of imidazole rings is 1. The Hall–Kier alpha value is -3.28. The van der Waals surface area contributed by atoms with E-state index < -0.39 is 0 Å². The van der Waals surface area contributed by atoms with E-state index in [0.717, 1.165) is 38.1 Å². The number of thioether (sulfide) groups is 1. The molecule has 0 saturated carbocycles. The number of nitrogens with zero attached hydrogens (tertiary/aromatic N) is 1. The van der Waals surface area contributed by atoms with Crippen molar-refractivity contribution in [2.45, 2.75) is 17.4 Å². The molecule has 1 atom stereocenters. The van der Waals surface area contributed by atoms with Gasteiger partial charge in [-0.05, 0) is 41.6 Å². The van der Waals surface area contributed by atoms with Crippen LogP contribution in [0.25, 0.3) is 21.8 Å². The third kappa shape index (κ3) is 4.90. The number of carbonyl (C=O) groups is 1. The topological polar surface area (TPSA) is 57.8 Å². The summed E-state index contributed by atoms with van der Waals surface area (Å²) in [6.45, 7) is 0. The van der Waals surface area contributed by atoms with Crippen LogP contribution in [0.3, 0.4) is 0 Å². The lowest BCUT2D eigenvalue weighted by molar-refractivity contribution is -0.119. The first-order chi connectivity index (χ1) is 16.2. The van der Waals surface area contributed by atoms with Gasteiger partial charge >= 0.3 is 0 Å². The summed E-state index contributed by atoms with van der Waals surface area (Å²) in [6, 6.07) is 29.6. The van der Waals surface area contributed by atoms with Crippen LogP contribution in [0, 0.1) is 0 Å². The number of carbonyl (C=O) groups excluding carboxylic acids is 1. The van der Waals surface area contributed by atoms with Crippen molar-refractivity contribution in [2.24, 2.45) is 0 Å². The van der Waals surface area contributed by atoms with E-state index in [2.05, 4.69) is 22.4 Å². The number of aromatic amines is 1. The van der Waals surface area contributed by atoms with E-state index in [1.54, 1.807) is 0 Å². The van der Waals surface area contributed by atoms with Crippen molar-refractivity contribution < 1.29 is 4.79 Å². The third-order valence-electron chi connectivity index (χ3n) is 5.53. The van der Waals surface area contributed by atoms with Crippen LogP contribution in [0.2, 0.25) is 5.02 Å². The van der Waals surface area contributed by atoms with Gasteiger partial charge in [-0.15, -0.1) is 11.8 Å². The summed E-state index contributed by atoms with van der Waals surface area (Å²) in [6.07, 6.45) is 0.650. The number of amides is 1. The lowest BCUT2D eigenvalue weighted by Crippen LogP contribution is -2.32. The van der Waals surface area contributed by atoms with Gasteiger partial charge in [-0.1, -0.05) is 78.3 Å². The smallest absolute Gasteiger partial charge is 0.230 e. The first-order valence-electron chi connectivity index (χ1n) is 10.8. The van der Waals surface area contributed by atoms with Crippen LogP contribution in [0.15, 0.2) is 95.9 Å². The van der Waals surface area contributed by atoms with Gasteiger partial charge in [0, 0.05) is 15.3 Å². The number of H-pyrrole nitrogens is 1. The predicted octanol–water partition coefficient (Wildman–Crippen LogP) is 6.56. The first kappa shape index (κ1) is 21.6. The van der Waals surface area contributed by atoms with Gasteiger partial charge in [-0.3, -0.25) is 4.79 Å². The molecule has 5 aromatic rings. The molecule has 33 heavy (non-hydrogen) atoms. The Kier molecular flexibility index (Phi) is 6.33. The second-order valence-corrected chi connectivity index (χ2v) is 9.26. The zero-order chi connectivity index (χ0) is 22.6. The van der Waals surface area contributed by atoms with Crippen LogP contribution in [-0.4, -0.2) is 21.6 Å². The van der Waals surface area contributed by atoms with E-state index in [0.29, 0.717) is 11.4 Å². The fourth-order valence-corrected chi connectivity index (χ4v) is 5.22. The average molecular weight is 472 g/mol. The Morgan fingerprint density at radius 3 is 2.52 bits per heavy atom. The Balaban J connectivity index is 1.36. The lowest BCUT2D eigenvalue weighted by Gasteiger charge is -2.17. The largest absolute Gasteiger partial charge is 0.345 e. The average Bonchev–Trinajstić information content (AvgIpc) is 3.27. The molecule has 0 unspecified atom stereocenters. The van der Waals surface area contributed by atoms with Gasteiger partial charge in [-0.25, -0.2) is 4.98 Å². The highest BCUT2D eigenvalue weighted by Gasteiger charge is 2.19. The van der Waals surface area contributed by atoms with Crippen molar-refractivity contribution in [1.82, 2.24) is 15.3 Å². The number of para-hydroxylation sites is 2. The molecule has 1 aromatic heterocycles. The molecular weight excluding hydrogens is 450 g/mol. The van der Waals surface area contributed by atoms with Crippen molar-refractivity contribution in [3.8, 4) is 0 Å². The van der Waals surface area contributed by atoms with E-state index in [1.165, 1.54) is 11.8 Å². The maximum atomic E-state index is 13.0. The van der Waals surface area contributed by atoms with Gasteiger partial charge in [0.25, 0.3) is 0 Å². The summed E-state index contributed by atoms with van der Waals surface area (Å²) >= 11 is 7.94. The molecule has 0 saturated heterocycles.